The van der Waals surface area contributed by atoms with Crippen LogP contribution in [-0.4, -0.2) is 23.5 Å². The van der Waals surface area contributed by atoms with Gasteiger partial charge in [0.15, 0.2) is 0 Å². The van der Waals surface area contributed by atoms with Crippen molar-refractivity contribution in [3.8, 4) is 0 Å². The Morgan fingerprint density at radius 1 is 1.08 bits per heavy atom. The third kappa shape index (κ3) is 3.04. The molecule has 1 aliphatic heterocycles. The van der Waals surface area contributed by atoms with E-state index in [9.17, 15) is 26.7 Å². The Balaban J connectivity index is 2.09. The van der Waals surface area contributed by atoms with E-state index >= 15 is 0 Å². The summed E-state index contributed by atoms with van der Waals surface area (Å²) in [5.41, 5.74) is 0.0960. The highest BCUT2D eigenvalue weighted by molar-refractivity contribution is 6.01. The van der Waals surface area contributed by atoms with Gasteiger partial charge in [0.1, 0.15) is 24.3 Å². The van der Waals surface area contributed by atoms with Gasteiger partial charge in [-0.25, -0.2) is 8.78 Å². The van der Waals surface area contributed by atoms with Crippen molar-refractivity contribution < 1.29 is 26.7 Å². The number of para-hydroxylation sites is 1. The Bertz CT molecular complexity index is 790. The predicted octanol–water partition coefficient (Wildman–Crippen LogP) is 4.09. The topological polar surface area (TPSA) is 32.3 Å². The van der Waals surface area contributed by atoms with Crippen molar-refractivity contribution in [1.29, 1.82) is 0 Å². The number of amides is 1. The van der Waals surface area contributed by atoms with E-state index in [1.165, 1.54) is 18.2 Å². The molecule has 0 aliphatic carbocycles. The number of benzene rings is 2. The third-order valence-electron chi connectivity index (χ3n) is 3.63. The van der Waals surface area contributed by atoms with Crippen molar-refractivity contribution in [2.75, 3.05) is 11.9 Å². The lowest BCUT2D eigenvalue weighted by Crippen LogP contribution is -2.47. The lowest BCUT2D eigenvalue weighted by Gasteiger charge is -2.38. The van der Waals surface area contributed by atoms with Gasteiger partial charge < -0.3 is 10.2 Å². The zero-order chi connectivity index (χ0) is 17.5. The Labute approximate surface area is 133 Å². The maximum absolute atomic E-state index is 14.0. The molecule has 8 heteroatoms. The average Bonchev–Trinajstić information content (AvgIpc) is 2.49. The second-order valence-corrected chi connectivity index (χ2v) is 5.31. The number of carbonyl (C=O) groups excluding carboxylic acids is 1. The molecule has 1 heterocycles. The molecule has 2 aromatic rings. The molecule has 0 saturated carbocycles. The van der Waals surface area contributed by atoms with E-state index in [4.69, 9.17) is 0 Å². The fourth-order valence-electron chi connectivity index (χ4n) is 2.62. The number of anilines is 1. The summed E-state index contributed by atoms with van der Waals surface area (Å²) in [5.74, 6) is -2.77. The molecule has 0 saturated heterocycles. The standard InChI is InChI=1S/C16H11F5N2O/c17-9-5-6-10(12(18)7-9)14-22-13-4-2-1-3-11(13)15(24)23(14)8-16(19,20)21/h1-7,14,22H,8H2/t14-/m1/s1. The van der Waals surface area contributed by atoms with Gasteiger partial charge in [0.2, 0.25) is 0 Å². The number of carbonyl (C=O) groups is 1. The van der Waals surface area contributed by atoms with Crippen LogP contribution in [0.2, 0.25) is 0 Å². The minimum Gasteiger partial charge on any atom is -0.361 e. The average molecular weight is 342 g/mol. The van der Waals surface area contributed by atoms with Crippen LogP contribution in [0.15, 0.2) is 42.5 Å². The summed E-state index contributed by atoms with van der Waals surface area (Å²) in [4.78, 5) is 12.9. The molecule has 1 atom stereocenters. The van der Waals surface area contributed by atoms with E-state index in [-0.39, 0.29) is 16.8 Å². The predicted molar refractivity (Wildman–Crippen MR) is 76.3 cm³/mol. The Kier molecular flexibility index (Phi) is 3.90. The molecule has 3 nitrogen and oxygen atoms in total. The fourth-order valence-corrected chi connectivity index (χ4v) is 2.62. The monoisotopic (exact) mass is 342 g/mol. The number of nitrogens with one attached hydrogen (secondary N) is 1. The smallest absolute Gasteiger partial charge is 0.361 e. The summed E-state index contributed by atoms with van der Waals surface area (Å²) in [6.45, 7) is -1.56. The molecule has 126 valence electrons. The SMILES string of the molecule is O=C1c2ccccc2N[C@@H](c2ccc(F)cc2F)N1CC(F)(F)F. The van der Waals surface area contributed by atoms with E-state index in [0.717, 1.165) is 12.1 Å². The van der Waals surface area contributed by atoms with Gasteiger partial charge in [-0.15, -0.1) is 0 Å². The van der Waals surface area contributed by atoms with Crippen LogP contribution in [0, 0.1) is 11.6 Å². The number of nitrogens with zero attached hydrogens (tertiary/aromatic N) is 1. The zero-order valence-corrected chi connectivity index (χ0v) is 12.1. The van der Waals surface area contributed by atoms with Gasteiger partial charge >= 0.3 is 6.18 Å². The second kappa shape index (κ2) is 5.77. The summed E-state index contributed by atoms with van der Waals surface area (Å²) in [5, 5.41) is 2.72. The molecule has 0 bridgehead atoms. The summed E-state index contributed by atoms with van der Waals surface area (Å²) in [7, 11) is 0. The Morgan fingerprint density at radius 2 is 1.79 bits per heavy atom. The molecule has 1 amide bonds. The summed E-state index contributed by atoms with van der Waals surface area (Å²) < 4.78 is 65.7. The van der Waals surface area contributed by atoms with E-state index in [1.807, 2.05) is 0 Å². The number of fused-ring (bicyclic) bond motifs is 1. The largest absolute Gasteiger partial charge is 0.406 e. The molecule has 2 aromatic carbocycles. The van der Waals surface area contributed by atoms with Crippen molar-refractivity contribution in [2.45, 2.75) is 12.3 Å². The molecular weight excluding hydrogens is 331 g/mol. The summed E-state index contributed by atoms with van der Waals surface area (Å²) in [6.07, 6.45) is -6.06. The normalized spacial score (nSPS) is 17.5. The maximum Gasteiger partial charge on any atom is 0.406 e. The Morgan fingerprint density at radius 3 is 2.46 bits per heavy atom. The first kappa shape index (κ1) is 16.2. The van der Waals surface area contributed by atoms with Crippen LogP contribution in [0.4, 0.5) is 27.6 Å². The second-order valence-electron chi connectivity index (χ2n) is 5.31. The molecule has 0 radical (unpaired) electrons. The van der Waals surface area contributed by atoms with Gasteiger partial charge in [-0.05, 0) is 24.3 Å². The molecule has 3 rings (SSSR count). The summed E-state index contributed by atoms with van der Waals surface area (Å²) >= 11 is 0. The first-order chi connectivity index (χ1) is 11.3. The number of rotatable bonds is 2. The van der Waals surface area contributed by atoms with Gasteiger partial charge in [0, 0.05) is 17.3 Å². The maximum atomic E-state index is 14.0. The molecule has 0 unspecified atom stereocenters. The number of hydrogen-bond donors (Lipinski definition) is 1. The highest BCUT2D eigenvalue weighted by Gasteiger charge is 2.41. The van der Waals surface area contributed by atoms with Crippen LogP contribution < -0.4 is 5.32 Å². The van der Waals surface area contributed by atoms with Crippen LogP contribution in [0.5, 0.6) is 0 Å². The van der Waals surface area contributed by atoms with Crippen LogP contribution in [-0.2, 0) is 0 Å². The van der Waals surface area contributed by atoms with Gasteiger partial charge in [0.25, 0.3) is 5.91 Å². The van der Waals surface area contributed by atoms with Crippen molar-refractivity contribution in [3.05, 3.63) is 65.2 Å². The zero-order valence-electron chi connectivity index (χ0n) is 12.1. The van der Waals surface area contributed by atoms with Gasteiger partial charge in [0.05, 0.1) is 5.56 Å². The van der Waals surface area contributed by atoms with Gasteiger partial charge in [-0.1, -0.05) is 12.1 Å². The lowest BCUT2D eigenvalue weighted by atomic mass is 10.0. The quantitative estimate of drug-likeness (QED) is 0.834. The molecule has 0 fully saturated rings. The Hall–Kier alpha value is -2.64. The number of hydrogen-bond acceptors (Lipinski definition) is 2. The van der Waals surface area contributed by atoms with Crippen LogP contribution in [0.25, 0.3) is 0 Å². The summed E-state index contributed by atoms with van der Waals surface area (Å²) in [6, 6.07) is 8.51. The molecule has 0 spiro atoms. The van der Waals surface area contributed by atoms with Crippen LogP contribution >= 0.6 is 0 Å². The molecular formula is C16H11F5N2O. The van der Waals surface area contributed by atoms with E-state index in [2.05, 4.69) is 5.32 Å². The van der Waals surface area contributed by atoms with Crippen molar-refractivity contribution in [2.24, 2.45) is 0 Å². The van der Waals surface area contributed by atoms with Crippen molar-refractivity contribution in [3.63, 3.8) is 0 Å². The molecule has 0 aromatic heterocycles. The number of halogens is 5. The van der Waals surface area contributed by atoms with Crippen molar-refractivity contribution in [1.82, 2.24) is 4.90 Å². The highest BCUT2D eigenvalue weighted by atomic mass is 19.4. The number of alkyl halides is 3. The minimum atomic E-state index is -4.67. The molecule has 24 heavy (non-hydrogen) atoms. The third-order valence-corrected chi connectivity index (χ3v) is 3.63. The van der Waals surface area contributed by atoms with Crippen LogP contribution in [0.3, 0.4) is 0 Å². The van der Waals surface area contributed by atoms with E-state index < -0.39 is 36.4 Å². The molecule has 1 N–H and O–H groups in total. The first-order valence-corrected chi connectivity index (χ1v) is 6.94. The van der Waals surface area contributed by atoms with Crippen molar-refractivity contribution >= 4 is 11.6 Å². The van der Waals surface area contributed by atoms with Gasteiger partial charge in [-0.3, -0.25) is 4.79 Å². The van der Waals surface area contributed by atoms with Crippen LogP contribution in [0.1, 0.15) is 22.1 Å². The van der Waals surface area contributed by atoms with E-state index in [0.29, 0.717) is 11.0 Å². The highest BCUT2D eigenvalue weighted by Crippen LogP contribution is 2.36. The lowest BCUT2D eigenvalue weighted by molar-refractivity contribution is -0.144. The fraction of sp³-hybridized carbons (Fsp3) is 0.188. The van der Waals surface area contributed by atoms with E-state index in [1.54, 1.807) is 6.07 Å². The van der Waals surface area contributed by atoms with Gasteiger partial charge in [-0.2, -0.15) is 13.2 Å². The molecule has 1 aliphatic rings. The first-order valence-electron chi connectivity index (χ1n) is 6.94. The minimum absolute atomic E-state index is 0.0560.